The molecule has 0 saturated carbocycles. The van der Waals surface area contributed by atoms with Gasteiger partial charge in [0.2, 0.25) is 0 Å². The first kappa shape index (κ1) is 8.09. The Morgan fingerprint density at radius 2 is 2.55 bits per heavy atom. The van der Waals surface area contributed by atoms with Crippen molar-refractivity contribution in [1.82, 2.24) is 0 Å². The smallest absolute Gasteiger partial charge is 0.186 e. The third kappa shape index (κ3) is 1.95. The molecule has 0 aliphatic rings. The van der Waals surface area contributed by atoms with Gasteiger partial charge in [-0.1, -0.05) is 27.8 Å². The highest BCUT2D eigenvalue weighted by atomic mass is 79.9. The molecule has 11 heavy (non-hydrogen) atoms. The normalized spacial score (nSPS) is 8.45. The van der Waals surface area contributed by atoms with Gasteiger partial charge in [0.25, 0.3) is 0 Å². The van der Waals surface area contributed by atoms with Crippen LogP contribution in [0.15, 0.2) is 16.7 Å². The van der Waals surface area contributed by atoms with Crippen molar-refractivity contribution >= 4 is 22.2 Å². The minimum absolute atomic E-state index is 0.290. The number of carbonyl (C=O) groups excluding carboxylic acids is 1. The fourth-order valence-electron chi connectivity index (χ4n) is 0.644. The summed E-state index contributed by atoms with van der Waals surface area (Å²) in [7, 11) is 0. The van der Waals surface area contributed by atoms with Crippen molar-refractivity contribution in [1.29, 1.82) is 0 Å². The van der Waals surface area contributed by atoms with Gasteiger partial charge in [0.05, 0.1) is 17.2 Å². The van der Waals surface area contributed by atoms with Crippen molar-refractivity contribution in [2.45, 2.75) is 0 Å². The van der Waals surface area contributed by atoms with Gasteiger partial charge in [-0.25, -0.2) is 0 Å². The number of rotatable bonds is 1. The zero-order valence-corrected chi connectivity index (χ0v) is 7.22. The van der Waals surface area contributed by atoms with Gasteiger partial charge in [0.15, 0.2) is 12.0 Å². The number of hydrogen-bond donors (Lipinski definition) is 0. The molecule has 0 fully saturated rings. The fourth-order valence-corrected chi connectivity index (χ4v) is 0.784. The molecular weight excluding hydrogens is 208 g/mol. The summed E-state index contributed by atoms with van der Waals surface area (Å²) in [5, 5.41) is 0.594. The van der Waals surface area contributed by atoms with E-state index < -0.39 is 0 Å². The van der Waals surface area contributed by atoms with Crippen LogP contribution >= 0.6 is 15.9 Å². The van der Waals surface area contributed by atoms with E-state index in [4.69, 9.17) is 4.42 Å². The molecule has 0 aliphatic heterocycles. The van der Waals surface area contributed by atoms with Gasteiger partial charge in [-0.15, -0.1) is 0 Å². The van der Waals surface area contributed by atoms with Crippen LogP contribution in [0.5, 0.6) is 0 Å². The van der Waals surface area contributed by atoms with Crippen molar-refractivity contribution in [3.63, 3.8) is 0 Å². The Bertz CT molecular complexity index is 303. The molecule has 3 heteroatoms. The number of hydrogen-bond acceptors (Lipinski definition) is 2. The Morgan fingerprint density at radius 1 is 1.73 bits per heavy atom. The average Bonchev–Trinajstić information content (AvgIpc) is 2.47. The molecule has 0 aromatic carbocycles. The van der Waals surface area contributed by atoms with E-state index in [1.165, 1.54) is 6.26 Å². The van der Waals surface area contributed by atoms with Crippen molar-refractivity contribution in [3.05, 3.63) is 23.7 Å². The van der Waals surface area contributed by atoms with E-state index in [9.17, 15) is 4.79 Å². The third-order valence-corrected chi connectivity index (χ3v) is 1.37. The van der Waals surface area contributed by atoms with Crippen LogP contribution in [0.25, 0.3) is 0 Å². The van der Waals surface area contributed by atoms with Gasteiger partial charge in [0, 0.05) is 0 Å². The summed E-state index contributed by atoms with van der Waals surface area (Å²) >= 11 is 3.15. The molecule has 1 rings (SSSR count). The van der Waals surface area contributed by atoms with Gasteiger partial charge >= 0.3 is 0 Å². The molecule has 56 valence electrons. The maximum atomic E-state index is 10.3. The molecule has 0 radical (unpaired) electrons. The summed E-state index contributed by atoms with van der Waals surface area (Å²) in [5.74, 6) is 5.84. The van der Waals surface area contributed by atoms with E-state index in [1.54, 1.807) is 6.07 Å². The average molecular weight is 213 g/mol. The SMILES string of the molecule is O=Cc1occc1C#CCBr. The fraction of sp³-hybridized carbons (Fsp3) is 0.125. The van der Waals surface area contributed by atoms with E-state index >= 15 is 0 Å². The highest BCUT2D eigenvalue weighted by Gasteiger charge is 1.99. The minimum Gasteiger partial charge on any atom is -0.460 e. The summed E-state index contributed by atoms with van der Waals surface area (Å²) in [6.45, 7) is 0. The second-order valence-corrected chi connectivity index (χ2v) is 2.31. The first-order valence-corrected chi connectivity index (χ1v) is 4.08. The quantitative estimate of drug-likeness (QED) is 0.404. The van der Waals surface area contributed by atoms with Crippen LogP contribution in [-0.2, 0) is 0 Å². The molecule has 0 bridgehead atoms. The first-order valence-electron chi connectivity index (χ1n) is 2.96. The third-order valence-electron chi connectivity index (χ3n) is 1.09. The number of carbonyl (C=O) groups is 1. The maximum Gasteiger partial charge on any atom is 0.186 e. The lowest BCUT2D eigenvalue weighted by Gasteiger charge is -1.80. The van der Waals surface area contributed by atoms with Crippen LogP contribution in [-0.4, -0.2) is 11.6 Å². The van der Waals surface area contributed by atoms with Crippen LogP contribution in [0.4, 0.5) is 0 Å². The highest BCUT2D eigenvalue weighted by molar-refractivity contribution is 9.09. The van der Waals surface area contributed by atoms with Crippen LogP contribution in [0.2, 0.25) is 0 Å². The standard InChI is InChI=1S/C8H5BrO2/c9-4-1-2-7-3-5-11-8(7)6-10/h3,5-6H,4H2. The molecule has 0 spiro atoms. The van der Waals surface area contributed by atoms with E-state index in [0.717, 1.165) is 0 Å². The molecule has 0 atom stereocenters. The Labute approximate surface area is 72.7 Å². The van der Waals surface area contributed by atoms with E-state index in [-0.39, 0.29) is 0 Å². The number of aldehydes is 1. The van der Waals surface area contributed by atoms with E-state index in [1.807, 2.05) is 0 Å². The number of alkyl halides is 1. The summed E-state index contributed by atoms with van der Waals surface area (Å²) in [5.41, 5.74) is 0.638. The molecule has 1 heterocycles. The zero-order valence-electron chi connectivity index (χ0n) is 5.63. The lowest BCUT2D eigenvalue weighted by Crippen LogP contribution is -1.78. The molecule has 0 unspecified atom stereocenters. The second-order valence-electron chi connectivity index (χ2n) is 1.75. The number of halogens is 1. The molecule has 1 aromatic heterocycles. The maximum absolute atomic E-state index is 10.3. The van der Waals surface area contributed by atoms with Crippen LogP contribution in [0.3, 0.4) is 0 Å². The van der Waals surface area contributed by atoms with E-state index in [2.05, 4.69) is 27.8 Å². The van der Waals surface area contributed by atoms with Gasteiger partial charge < -0.3 is 4.42 Å². The monoisotopic (exact) mass is 212 g/mol. The molecule has 0 amide bonds. The van der Waals surface area contributed by atoms with Crippen molar-refractivity contribution in [2.24, 2.45) is 0 Å². The van der Waals surface area contributed by atoms with Gasteiger partial charge in [-0.05, 0) is 6.07 Å². The Balaban J connectivity index is 2.93. The summed E-state index contributed by atoms with van der Waals surface area (Å²) in [4.78, 5) is 10.3. The van der Waals surface area contributed by atoms with Crippen LogP contribution in [0.1, 0.15) is 16.1 Å². The van der Waals surface area contributed by atoms with Crippen molar-refractivity contribution in [3.8, 4) is 11.8 Å². The Kier molecular flexibility index (Phi) is 2.94. The molecular formula is C8H5BrO2. The molecule has 2 nitrogen and oxygen atoms in total. The molecule has 0 aliphatic carbocycles. The topological polar surface area (TPSA) is 30.2 Å². The highest BCUT2D eigenvalue weighted by Crippen LogP contribution is 2.05. The van der Waals surface area contributed by atoms with Gasteiger partial charge in [-0.2, -0.15) is 0 Å². The second kappa shape index (κ2) is 3.99. The predicted octanol–water partition coefficient (Wildman–Crippen LogP) is 1.84. The summed E-state index contributed by atoms with van der Waals surface area (Å²) in [6.07, 6.45) is 2.10. The van der Waals surface area contributed by atoms with Crippen LogP contribution < -0.4 is 0 Å². The first-order chi connectivity index (χ1) is 5.38. The van der Waals surface area contributed by atoms with Crippen molar-refractivity contribution in [2.75, 3.05) is 5.33 Å². The lowest BCUT2D eigenvalue weighted by atomic mass is 10.3. The molecule has 0 N–H and O–H groups in total. The lowest BCUT2D eigenvalue weighted by molar-refractivity contribution is 0.110. The Morgan fingerprint density at radius 3 is 3.18 bits per heavy atom. The molecule has 0 saturated heterocycles. The Hall–Kier alpha value is -1.01. The molecule has 1 aromatic rings. The van der Waals surface area contributed by atoms with E-state index in [0.29, 0.717) is 22.9 Å². The van der Waals surface area contributed by atoms with Gasteiger partial charge in [-0.3, -0.25) is 4.79 Å². The predicted molar refractivity (Wildman–Crippen MR) is 44.8 cm³/mol. The number of furan rings is 1. The zero-order chi connectivity index (χ0) is 8.10. The van der Waals surface area contributed by atoms with Gasteiger partial charge in [0.1, 0.15) is 0 Å². The van der Waals surface area contributed by atoms with Crippen LogP contribution in [0, 0.1) is 11.8 Å². The van der Waals surface area contributed by atoms with Crippen molar-refractivity contribution < 1.29 is 9.21 Å². The largest absolute Gasteiger partial charge is 0.460 e. The summed E-state index contributed by atoms with van der Waals surface area (Å²) < 4.78 is 4.82. The summed E-state index contributed by atoms with van der Waals surface area (Å²) in [6, 6.07) is 1.67. The minimum atomic E-state index is 0.290.